The molecule has 0 radical (unpaired) electrons. The molecule has 1 aliphatic heterocycles. The molecule has 1 N–H and O–H groups in total. The van der Waals surface area contributed by atoms with Crippen LogP contribution in [-0.4, -0.2) is 24.8 Å². The van der Waals surface area contributed by atoms with Gasteiger partial charge in [-0.05, 0) is 29.5 Å². The Bertz CT molecular complexity index is 321. The number of benzene rings is 1. The number of aliphatic hydroxyl groups is 1. The molecule has 1 heterocycles. The Hall–Kier alpha value is -1.02. The second kappa shape index (κ2) is 3.86. The lowest BCUT2D eigenvalue weighted by atomic mass is 9.84. The third-order valence-corrected chi connectivity index (χ3v) is 2.94. The largest absolute Gasteiger partial charge is 0.396 e. The minimum absolute atomic E-state index is 0.232. The molecule has 0 unspecified atom stereocenters. The highest BCUT2D eigenvalue weighted by molar-refractivity contribution is 5.50. The summed E-state index contributed by atoms with van der Waals surface area (Å²) in [6, 6.07) is 8.52. The molecular formula is C13H19NO. The van der Waals surface area contributed by atoms with Gasteiger partial charge in [0.2, 0.25) is 0 Å². The summed E-state index contributed by atoms with van der Waals surface area (Å²) in [5.41, 5.74) is 2.99. The monoisotopic (exact) mass is 205 g/mol. The first kappa shape index (κ1) is 10.5. The van der Waals surface area contributed by atoms with Gasteiger partial charge in [0, 0.05) is 25.4 Å². The van der Waals surface area contributed by atoms with E-state index < -0.39 is 0 Å². The molecule has 2 heteroatoms. The summed E-state index contributed by atoms with van der Waals surface area (Å²) in [6.07, 6.45) is 0.756. The number of hydrogen-bond donors (Lipinski definition) is 1. The van der Waals surface area contributed by atoms with Crippen molar-refractivity contribution in [3.05, 3.63) is 29.8 Å². The van der Waals surface area contributed by atoms with E-state index in [9.17, 15) is 0 Å². The van der Waals surface area contributed by atoms with Gasteiger partial charge in [0.1, 0.15) is 0 Å². The van der Waals surface area contributed by atoms with E-state index in [1.807, 2.05) is 0 Å². The molecule has 0 atom stereocenters. The lowest BCUT2D eigenvalue weighted by molar-refractivity contribution is 0.276. The third-order valence-electron chi connectivity index (χ3n) is 2.94. The second-order valence-corrected chi connectivity index (χ2v) is 5.16. The van der Waals surface area contributed by atoms with Crippen LogP contribution in [0.3, 0.4) is 0 Å². The van der Waals surface area contributed by atoms with Gasteiger partial charge in [-0.15, -0.1) is 0 Å². The van der Waals surface area contributed by atoms with Crippen LogP contribution in [-0.2, 0) is 6.42 Å². The van der Waals surface area contributed by atoms with Crippen molar-refractivity contribution in [2.75, 3.05) is 24.6 Å². The predicted molar refractivity (Wildman–Crippen MR) is 63.2 cm³/mol. The first-order valence-corrected chi connectivity index (χ1v) is 5.55. The Labute approximate surface area is 91.5 Å². The van der Waals surface area contributed by atoms with E-state index in [-0.39, 0.29) is 6.61 Å². The molecule has 0 aliphatic carbocycles. The SMILES string of the molecule is CC1(C)CN(c2ccc(CCO)cc2)C1. The highest BCUT2D eigenvalue weighted by Gasteiger charge is 2.33. The first-order chi connectivity index (χ1) is 7.11. The zero-order valence-electron chi connectivity index (χ0n) is 9.53. The van der Waals surface area contributed by atoms with E-state index in [0.29, 0.717) is 5.41 Å². The summed E-state index contributed by atoms with van der Waals surface area (Å²) in [4.78, 5) is 2.39. The average molecular weight is 205 g/mol. The van der Waals surface area contributed by atoms with Gasteiger partial charge in [0.05, 0.1) is 0 Å². The molecule has 1 aliphatic rings. The molecule has 0 spiro atoms. The number of rotatable bonds is 3. The predicted octanol–water partition coefficient (Wildman–Crippen LogP) is 2.07. The van der Waals surface area contributed by atoms with E-state index in [1.54, 1.807) is 0 Å². The summed E-state index contributed by atoms with van der Waals surface area (Å²) < 4.78 is 0. The molecule has 1 aromatic carbocycles. The van der Waals surface area contributed by atoms with Crippen LogP contribution in [0.15, 0.2) is 24.3 Å². The Balaban J connectivity index is 1.99. The van der Waals surface area contributed by atoms with Gasteiger partial charge in [-0.3, -0.25) is 0 Å². The zero-order chi connectivity index (χ0) is 10.9. The molecule has 0 saturated carbocycles. The van der Waals surface area contributed by atoms with Crippen molar-refractivity contribution >= 4 is 5.69 Å². The van der Waals surface area contributed by atoms with Crippen molar-refractivity contribution in [1.82, 2.24) is 0 Å². The van der Waals surface area contributed by atoms with E-state index in [4.69, 9.17) is 5.11 Å². The van der Waals surface area contributed by atoms with Gasteiger partial charge in [-0.25, -0.2) is 0 Å². The van der Waals surface area contributed by atoms with Crippen molar-refractivity contribution in [2.45, 2.75) is 20.3 Å². The molecule has 0 bridgehead atoms. The molecule has 82 valence electrons. The van der Waals surface area contributed by atoms with Crippen molar-refractivity contribution in [2.24, 2.45) is 5.41 Å². The lowest BCUT2D eigenvalue weighted by Crippen LogP contribution is -2.53. The molecule has 1 saturated heterocycles. The van der Waals surface area contributed by atoms with Crippen LogP contribution in [0.2, 0.25) is 0 Å². The fourth-order valence-corrected chi connectivity index (χ4v) is 2.17. The van der Waals surface area contributed by atoms with Crippen LogP contribution in [0.1, 0.15) is 19.4 Å². The van der Waals surface area contributed by atoms with Crippen molar-refractivity contribution in [3.8, 4) is 0 Å². The smallest absolute Gasteiger partial charge is 0.0471 e. The van der Waals surface area contributed by atoms with Crippen LogP contribution in [0.25, 0.3) is 0 Å². The molecule has 0 aromatic heterocycles. The fourth-order valence-electron chi connectivity index (χ4n) is 2.17. The molecule has 1 aromatic rings. The quantitative estimate of drug-likeness (QED) is 0.816. The Morgan fingerprint density at radius 2 is 1.80 bits per heavy atom. The number of anilines is 1. The molecule has 2 nitrogen and oxygen atoms in total. The Kier molecular flexibility index (Phi) is 2.70. The summed E-state index contributed by atoms with van der Waals surface area (Å²) in [5.74, 6) is 0. The molecule has 2 rings (SSSR count). The Morgan fingerprint density at radius 3 is 2.27 bits per heavy atom. The van der Waals surface area contributed by atoms with Gasteiger partial charge >= 0.3 is 0 Å². The van der Waals surface area contributed by atoms with Crippen LogP contribution in [0.4, 0.5) is 5.69 Å². The number of hydrogen-bond acceptors (Lipinski definition) is 2. The lowest BCUT2D eigenvalue weighted by Gasteiger charge is -2.47. The minimum Gasteiger partial charge on any atom is -0.396 e. The van der Waals surface area contributed by atoms with Crippen LogP contribution >= 0.6 is 0 Å². The molecule has 1 fully saturated rings. The number of aliphatic hydroxyl groups excluding tert-OH is 1. The van der Waals surface area contributed by atoms with Gasteiger partial charge in [0.15, 0.2) is 0 Å². The maximum atomic E-state index is 8.81. The normalized spacial score (nSPS) is 18.7. The number of nitrogens with zero attached hydrogens (tertiary/aromatic N) is 1. The van der Waals surface area contributed by atoms with E-state index in [0.717, 1.165) is 19.5 Å². The van der Waals surface area contributed by atoms with Crippen molar-refractivity contribution < 1.29 is 5.11 Å². The third kappa shape index (κ3) is 2.32. The Morgan fingerprint density at radius 1 is 1.20 bits per heavy atom. The van der Waals surface area contributed by atoms with Gasteiger partial charge in [0.25, 0.3) is 0 Å². The highest BCUT2D eigenvalue weighted by Crippen LogP contribution is 2.33. The zero-order valence-corrected chi connectivity index (χ0v) is 9.53. The van der Waals surface area contributed by atoms with Crippen molar-refractivity contribution in [3.63, 3.8) is 0 Å². The second-order valence-electron chi connectivity index (χ2n) is 5.16. The van der Waals surface area contributed by atoms with Gasteiger partial charge in [-0.1, -0.05) is 26.0 Å². The summed E-state index contributed by atoms with van der Waals surface area (Å²) in [7, 11) is 0. The summed E-state index contributed by atoms with van der Waals surface area (Å²) in [6.45, 7) is 7.11. The van der Waals surface area contributed by atoms with Crippen LogP contribution in [0, 0.1) is 5.41 Å². The maximum absolute atomic E-state index is 8.81. The van der Waals surface area contributed by atoms with E-state index >= 15 is 0 Å². The van der Waals surface area contributed by atoms with Gasteiger partial charge < -0.3 is 10.0 Å². The minimum atomic E-state index is 0.232. The van der Waals surface area contributed by atoms with E-state index in [1.165, 1.54) is 11.3 Å². The molecule has 15 heavy (non-hydrogen) atoms. The molecular weight excluding hydrogens is 186 g/mol. The fraction of sp³-hybridized carbons (Fsp3) is 0.538. The summed E-state index contributed by atoms with van der Waals surface area (Å²) >= 11 is 0. The van der Waals surface area contributed by atoms with Crippen LogP contribution < -0.4 is 4.90 Å². The maximum Gasteiger partial charge on any atom is 0.0471 e. The average Bonchev–Trinajstić information content (AvgIpc) is 2.16. The standard InChI is InChI=1S/C13H19NO/c1-13(2)9-14(10-13)12-5-3-11(4-6-12)7-8-15/h3-6,15H,7-10H2,1-2H3. The highest BCUT2D eigenvalue weighted by atomic mass is 16.2. The van der Waals surface area contributed by atoms with Crippen molar-refractivity contribution in [1.29, 1.82) is 0 Å². The van der Waals surface area contributed by atoms with E-state index in [2.05, 4.69) is 43.0 Å². The van der Waals surface area contributed by atoms with Crippen LogP contribution in [0.5, 0.6) is 0 Å². The topological polar surface area (TPSA) is 23.5 Å². The first-order valence-electron chi connectivity index (χ1n) is 5.55. The molecule has 0 amide bonds. The van der Waals surface area contributed by atoms with Gasteiger partial charge in [-0.2, -0.15) is 0 Å². The summed E-state index contributed by atoms with van der Waals surface area (Å²) in [5, 5.41) is 8.81.